The summed E-state index contributed by atoms with van der Waals surface area (Å²) in [7, 11) is 4.25. The SMILES string of the molecule is CSc1cccc(NC(=O)NCC2(N(C)C)CCCC(C)C2)c1. The predicted octanol–water partition coefficient (Wildman–Crippen LogP) is 4.04. The van der Waals surface area contributed by atoms with Crippen LogP contribution in [0.1, 0.15) is 32.6 Å². The number of anilines is 1. The zero-order valence-corrected chi connectivity index (χ0v) is 15.5. The molecular formula is C18H29N3OS. The summed E-state index contributed by atoms with van der Waals surface area (Å²) >= 11 is 1.67. The standard InChI is InChI=1S/C18H29N3OS/c1-14-7-6-10-18(12-14,21(2)3)13-19-17(22)20-15-8-5-9-16(11-15)23-4/h5,8-9,11,14H,6-7,10,12-13H2,1-4H3,(H2,19,20,22). The van der Waals surface area contributed by atoms with Gasteiger partial charge in [0.1, 0.15) is 0 Å². The molecule has 0 aliphatic heterocycles. The maximum Gasteiger partial charge on any atom is 0.319 e. The van der Waals surface area contributed by atoms with E-state index in [4.69, 9.17) is 0 Å². The molecule has 5 heteroatoms. The average Bonchev–Trinajstić information content (AvgIpc) is 2.53. The number of hydrogen-bond acceptors (Lipinski definition) is 3. The number of thioether (sulfide) groups is 1. The number of nitrogens with zero attached hydrogens (tertiary/aromatic N) is 1. The summed E-state index contributed by atoms with van der Waals surface area (Å²) in [5, 5.41) is 6.02. The van der Waals surface area contributed by atoms with Gasteiger partial charge in [0.2, 0.25) is 0 Å². The van der Waals surface area contributed by atoms with Gasteiger partial charge in [-0.15, -0.1) is 11.8 Å². The van der Waals surface area contributed by atoms with Gasteiger partial charge in [-0.05, 0) is 57.3 Å². The van der Waals surface area contributed by atoms with E-state index in [1.807, 2.05) is 30.5 Å². The van der Waals surface area contributed by atoms with Gasteiger partial charge in [-0.3, -0.25) is 0 Å². The summed E-state index contributed by atoms with van der Waals surface area (Å²) in [4.78, 5) is 15.7. The highest BCUT2D eigenvalue weighted by Crippen LogP contribution is 2.35. The third-order valence-electron chi connectivity index (χ3n) is 4.92. The first-order valence-corrected chi connectivity index (χ1v) is 9.54. The summed E-state index contributed by atoms with van der Waals surface area (Å²) in [5.41, 5.74) is 0.918. The van der Waals surface area contributed by atoms with Crippen LogP contribution < -0.4 is 10.6 Å². The van der Waals surface area contributed by atoms with Gasteiger partial charge in [-0.1, -0.05) is 25.8 Å². The molecule has 0 heterocycles. The first-order chi connectivity index (χ1) is 10.9. The van der Waals surface area contributed by atoms with Crippen LogP contribution in [-0.2, 0) is 0 Å². The van der Waals surface area contributed by atoms with E-state index in [-0.39, 0.29) is 11.6 Å². The van der Waals surface area contributed by atoms with E-state index in [0.717, 1.165) is 23.4 Å². The van der Waals surface area contributed by atoms with Gasteiger partial charge in [0.15, 0.2) is 0 Å². The van der Waals surface area contributed by atoms with Crippen molar-refractivity contribution in [2.75, 3.05) is 32.2 Å². The zero-order chi connectivity index (χ0) is 16.9. The minimum absolute atomic E-state index is 0.0795. The number of urea groups is 1. The number of carbonyl (C=O) groups is 1. The van der Waals surface area contributed by atoms with Crippen LogP contribution in [0.15, 0.2) is 29.2 Å². The number of hydrogen-bond donors (Lipinski definition) is 2. The van der Waals surface area contributed by atoms with E-state index >= 15 is 0 Å². The van der Waals surface area contributed by atoms with Crippen molar-refractivity contribution in [1.29, 1.82) is 0 Å². The molecule has 0 bridgehead atoms. The highest BCUT2D eigenvalue weighted by Gasteiger charge is 2.37. The van der Waals surface area contributed by atoms with Crippen LogP contribution in [0.2, 0.25) is 0 Å². The molecule has 1 fully saturated rings. The van der Waals surface area contributed by atoms with Gasteiger partial charge in [0, 0.05) is 22.7 Å². The minimum atomic E-state index is -0.122. The molecule has 2 rings (SSSR count). The van der Waals surface area contributed by atoms with Crippen molar-refractivity contribution in [3.8, 4) is 0 Å². The van der Waals surface area contributed by atoms with Gasteiger partial charge in [0.25, 0.3) is 0 Å². The van der Waals surface area contributed by atoms with Gasteiger partial charge < -0.3 is 15.5 Å². The normalized spacial score (nSPS) is 24.5. The molecule has 2 amide bonds. The molecule has 0 spiro atoms. The molecule has 1 aromatic rings. The van der Waals surface area contributed by atoms with E-state index in [1.54, 1.807) is 11.8 Å². The molecule has 1 aliphatic rings. The monoisotopic (exact) mass is 335 g/mol. The van der Waals surface area contributed by atoms with Gasteiger partial charge >= 0.3 is 6.03 Å². The Morgan fingerprint density at radius 2 is 2.22 bits per heavy atom. The van der Waals surface area contributed by atoms with E-state index in [1.165, 1.54) is 12.8 Å². The van der Waals surface area contributed by atoms with Crippen LogP contribution in [0, 0.1) is 5.92 Å². The number of nitrogens with one attached hydrogen (secondary N) is 2. The molecule has 2 unspecified atom stereocenters. The van der Waals surface area contributed by atoms with E-state index in [2.05, 4.69) is 36.6 Å². The molecule has 23 heavy (non-hydrogen) atoms. The van der Waals surface area contributed by atoms with Crippen molar-refractivity contribution in [2.45, 2.75) is 43.0 Å². The predicted molar refractivity (Wildman–Crippen MR) is 99.3 cm³/mol. The van der Waals surface area contributed by atoms with Crippen LogP contribution in [-0.4, -0.2) is 43.4 Å². The van der Waals surface area contributed by atoms with Crippen molar-refractivity contribution in [2.24, 2.45) is 5.92 Å². The average molecular weight is 336 g/mol. The van der Waals surface area contributed by atoms with Crippen molar-refractivity contribution in [3.05, 3.63) is 24.3 Å². The molecule has 0 aromatic heterocycles. The summed E-state index contributed by atoms with van der Waals surface area (Å²) < 4.78 is 0. The maximum absolute atomic E-state index is 12.3. The van der Waals surface area contributed by atoms with Crippen molar-refractivity contribution in [1.82, 2.24) is 10.2 Å². The molecule has 128 valence electrons. The van der Waals surface area contributed by atoms with Crippen LogP contribution in [0.4, 0.5) is 10.5 Å². The lowest BCUT2D eigenvalue weighted by Gasteiger charge is -2.45. The fourth-order valence-electron chi connectivity index (χ4n) is 3.48. The molecule has 0 radical (unpaired) electrons. The molecular weight excluding hydrogens is 306 g/mol. The molecule has 2 atom stereocenters. The van der Waals surface area contributed by atoms with Crippen molar-refractivity contribution in [3.63, 3.8) is 0 Å². The highest BCUT2D eigenvalue weighted by molar-refractivity contribution is 7.98. The second-order valence-corrected chi connectivity index (χ2v) is 7.74. The molecule has 1 aromatic carbocycles. The van der Waals surface area contributed by atoms with Crippen LogP contribution in [0.5, 0.6) is 0 Å². The molecule has 2 N–H and O–H groups in total. The number of likely N-dealkylation sites (N-methyl/N-ethyl adjacent to an activating group) is 1. The summed E-state index contributed by atoms with van der Waals surface area (Å²) in [5.74, 6) is 0.717. The van der Waals surface area contributed by atoms with E-state index < -0.39 is 0 Å². The number of carbonyl (C=O) groups excluding carboxylic acids is 1. The first-order valence-electron chi connectivity index (χ1n) is 8.31. The Hall–Kier alpha value is -1.20. The smallest absolute Gasteiger partial charge is 0.319 e. The van der Waals surface area contributed by atoms with Gasteiger partial charge in [-0.2, -0.15) is 0 Å². The molecule has 1 aliphatic carbocycles. The number of amides is 2. The lowest BCUT2D eigenvalue weighted by Crippen LogP contribution is -2.55. The topological polar surface area (TPSA) is 44.4 Å². The van der Waals surface area contributed by atoms with Crippen LogP contribution in [0.3, 0.4) is 0 Å². The number of rotatable bonds is 5. The van der Waals surface area contributed by atoms with Crippen molar-refractivity contribution >= 4 is 23.5 Å². The van der Waals surface area contributed by atoms with Crippen molar-refractivity contribution < 1.29 is 4.79 Å². The second-order valence-electron chi connectivity index (χ2n) is 6.86. The van der Waals surface area contributed by atoms with E-state index in [0.29, 0.717) is 12.5 Å². The third kappa shape index (κ3) is 4.88. The Balaban J connectivity index is 1.93. The molecule has 1 saturated carbocycles. The fraction of sp³-hybridized carbons (Fsp3) is 0.611. The number of benzene rings is 1. The third-order valence-corrected chi connectivity index (χ3v) is 5.65. The van der Waals surface area contributed by atoms with Gasteiger partial charge in [0.05, 0.1) is 0 Å². The summed E-state index contributed by atoms with van der Waals surface area (Å²) in [6.07, 6.45) is 6.85. The minimum Gasteiger partial charge on any atom is -0.336 e. The Labute approximate surface area is 144 Å². The van der Waals surface area contributed by atoms with E-state index in [9.17, 15) is 4.79 Å². The van der Waals surface area contributed by atoms with Crippen LogP contribution >= 0.6 is 11.8 Å². The molecule has 0 saturated heterocycles. The lowest BCUT2D eigenvalue weighted by atomic mass is 9.75. The van der Waals surface area contributed by atoms with Crippen LogP contribution in [0.25, 0.3) is 0 Å². The summed E-state index contributed by atoms with van der Waals surface area (Å²) in [6.45, 7) is 3.00. The highest BCUT2D eigenvalue weighted by atomic mass is 32.2. The first kappa shape index (κ1) is 18.1. The Kier molecular flexibility index (Phi) is 6.36. The largest absolute Gasteiger partial charge is 0.336 e. The molecule has 4 nitrogen and oxygen atoms in total. The lowest BCUT2D eigenvalue weighted by molar-refractivity contribution is 0.0779. The fourth-order valence-corrected chi connectivity index (χ4v) is 3.94. The van der Waals surface area contributed by atoms with Gasteiger partial charge in [-0.25, -0.2) is 4.79 Å². The maximum atomic E-state index is 12.3. The zero-order valence-electron chi connectivity index (χ0n) is 14.7. The quantitative estimate of drug-likeness (QED) is 0.798. The Morgan fingerprint density at radius 1 is 1.43 bits per heavy atom. The summed E-state index contributed by atoms with van der Waals surface area (Å²) in [6, 6.07) is 7.80. The second kappa shape index (κ2) is 8.06. The Morgan fingerprint density at radius 3 is 2.87 bits per heavy atom. The Bertz CT molecular complexity index is 535.